The molecule has 6 nitrogen and oxygen atoms in total. The van der Waals surface area contributed by atoms with Gasteiger partial charge >= 0.3 is 0 Å². The van der Waals surface area contributed by atoms with Crippen LogP contribution in [0.4, 0.5) is 0 Å². The molecule has 1 fully saturated rings. The molecule has 0 aliphatic carbocycles. The summed E-state index contributed by atoms with van der Waals surface area (Å²) in [5, 5.41) is 6.61. The van der Waals surface area contributed by atoms with Crippen LogP contribution in [0.3, 0.4) is 0 Å². The van der Waals surface area contributed by atoms with E-state index in [0.717, 1.165) is 56.7 Å². The van der Waals surface area contributed by atoms with Crippen LogP contribution in [0.1, 0.15) is 26.3 Å². The van der Waals surface area contributed by atoms with Gasteiger partial charge in [0.25, 0.3) is 0 Å². The van der Waals surface area contributed by atoms with E-state index in [-0.39, 0.29) is 0 Å². The first-order valence-electron chi connectivity index (χ1n) is 9.24. The highest BCUT2D eigenvalue weighted by atomic mass is 16.5. The molecule has 1 saturated heterocycles. The van der Waals surface area contributed by atoms with Gasteiger partial charge in [-0.1, -0.05) is 18.2 Å². The second-order valence-corrected chi connectivity index (χ2v) is 6.40. The van der Waals surface area contributed by atoms with Gasteiger partial charge in [0.1, 0.15) is 12.4 Å². The molecule has 0 radical (unpaired) electrons. The van der Waals surface area contributed by atoms with Crippen molar-refractivity contribution in [2.45, 2.75) is 33.4 Å². The Hall–Kier alpha value is -1.79. The molecule has 2 rings (SSSR count). The van der Waals surface area contributed by atoms with Crippen LogP contribution in [0.5, 0.6) is 5.75 Å². The second kappa shape index (κ2) is 10.9. The Labute approximate surface area is 151 Å². The zero-order valence-electron chi connectivity index (χ0n) is 15.8. The monoisotopic (exact) mass is 348 g/mol. The van der Waals surface area contributed by atoms with E-state index in [1.165, 1.54) is 0 Å². The average molecular weight is 348 g/mol. The van der Waals surface area contributed by atoms with Gasteiger partial charge in [0.15, 0.2) is 5.96 Å². The Morgan fingerprint density at radius 2 is 2.04 bits per heavy atom. The molecule has 0 aromatic heterocycles. The maximum atomic E-state index is 6.02. The zero-order chi connectivity index (χ0) is 17.9. The third-order valence-electron chi connectivity index (χ3n) is 3.92. The number of para-hydroxylation sites is 1. The van der Waals surface area contributed by atoms with Gasteiger partial charge in [-0.05, 0) is 26.8 Å². The van der Waals surface area contributed by atoms with E-state index in [2.05, 4.69) is 47.4 Å². The topological polar surface area (TPSA) is 58.1 Å². The maximum Gasteiger partial charge on any atom is 0.191 e. The van der Waals surface area contributed by atoms with Gasteiger partial charge in [0.2, 0.25) is 0 Å². The van der Waals surface area contributed by atoms with Crippen LogP contribution in [-0.2, 0) is 11.3 Å². The van der Waals surface area contributed by atoms with Crippen LogP contribution in [0, 0.1) is 0 Å². The smallest absolute Gasteiger partial charge is 0.191 e. The number of morpholine rings is 1. The fourth-order valence-electron chi connectivity index (χ4n) is 2.64. The van der Waals surface area contributed by atoms with Crippen LogP contribution in [0.25, 0.3) is 0 Å². The molecule has 2 N–H and O–H groups in total. The first-order chi connectivity index (χ1) is 12.2. The summed E-state index contributed by atoms with van der Waals surface area (Å²) in [5.74, 6) is 1.75. The molecule has 0 saturated carbocycles. The molecule has 1 aliphatic heterocycles. The lowest BCUT2D eigenvalue weighted by atomic mass is 10.2. The lowest BCUT2D eigenvalue weighted by Crippen LogP contribution is -2.41. The standard InChI is InChI=1S/C19H32N4O2/c1-4-20-19(22-16(2)3)21-15-17-7-5-6-8-18(17)25-14-11-23-9-12-24-13-10-23/h5-8,16H,4,9-15H2,1-3H3,(H2,20,21,22). The van der Waals surface area contributed by atoms with Crippen LogP contribution < -0.4 is 15.4 Å². The molecule has 0 atom stereocenters. The molecule has 25 heavy (non-hydrogen) atoms. The van der Waals surface area contributed by atoms with Gasteiger partial charge in [0.05, 0.1) is 19.8 Å². The van der Waals surface area contributed by atoms with Crippen LogP contribution in [-0.4, -0.2) is 62.9 Å². The first kappa shape index (κ1) is 19.5. The summed E-state index contributed by atoms with van der Waals surface area (Å²) in [7, 11) is 0. The fourth-order valence-corrected chi connectivity index (χ4v) is 2.64. The Morgan fingerprint density at radius 3 is 2.76 bits per heavy atom. The highest BCUT2D eigenvalue weighted by molar-refractivity contribution is 5.80. The molecule has 0 bridgehead atoms. The molecular weight excluding hydrogens is 316 g/mol. The first-order valence-corrected chi connectivity index (χ1v) is 9.24. The second-order valence-electron chi connectivity index (χ2n) is 6.40. The Balaban J connectivity index is 1.89. The summed E-state index contributed by atoms with van der Waals surface area (Å²) >= 11 is 0. The number of hydrogen-bond donors (Lipinski definition) is 2. The number of nitrogens with one attached hydrogen (secondary N) is 2. The van der Waals surface area contributed by atoms with E-state index in [9.17, 15) is 0 Å². The molecule has 1 aromatic rings. The predicted octanol–water partition coefficient (Wildman–Crippen LogP) is 1.86. The van der Waals surface area contributed by atoms with Gasteiger partial charge in [0, 0.05) is 37.8 Å². The minimum Gasteiger partial charge on any atom is -0.492 e. The largest absolute Gasteiger partial charge is 0.492 e. The number of ether oxygens (including phenoxy) is 2. The number of guanidine groups is 1. The summed E-state index contributed by atoms with van der Waals surface area (Å²) < 4.78 is 11.4. The van der Waals surface area contributed by atoms with E-state index >= 15 is 0 Å². The van der Waals surface area contributed by atoms with Crippen molar-refractivity contribution >= 4 is 5.96 Å². The summed E-state index contributed by atoms with van der Waals surface area (Å²) in [4.78, 5) is 7.05. The highest BCUT2D eigenvalue weighted by Crippen LogP contribution is 2.19. The van der Waals surface area contributed by atoms with E-state index < -0.39 is 0 Å². The molecule has 1 aromatic carbocycles. The molecule has 0 amide bonds. The third-order valence-corrected chi connectivity index (χ3v) is 3.92. The van der Waals surface area contributed by atoms with Crippen molar-refractivity contribution in [2.24, 2.45) is 4.99 Å². The minimum atomic E-state index is 0.345. The van der Waals surface area contributed by atoms with Crippen LogP contribution in [0.2, 0.25) is 0 Å². The van der Waals surface area contributed by atoms with Crippen LogP contribution >= 0.6 is 0 Å². The fraction of sp³-hybridized carbons (Fsp3) is 0.632. The zero-order valence-corrected chi connectivity index (χ0v) is 15.8. The Kier molecular flexibility index (Phi) is 8.55. The minimum absolute atomic E-state index is 0.345. The van der Waals surface area contributed by atoms with Crippen LogP contribution in [0.15, 0.2) is 29.3 Å². The molecular formula is C19H32N4O2. The lowest BCUT2D eigenvalue weighted by Gasteiger charge is -2.26. The van der Waals surface area contributed by atoms with E-state index in [1.54, 1.807) is 0 Å². The quantitative estimate of drug-likeness (QED) is 0.555. The van der Waals surface area contributed by atoms with Crippen molar-refractivity contribution in [3.8, 4) is 5.75 Å². The summed E-state index contributed by atoms with van der Waals surface area (Å²) in [5.41, 5.74) is 1.10. The lowest BCUT2D eigenvalue weighted by molar-refractivity contribution is 0.0322. The van der Waals surface area contributed by atoms with Crippen molar-refractivity contribution in [1.29, 1.82) is 0 Å². The number of aliphatic imine (C=N–C) groups is 1. The number of nitrogens with zero attached hydrogens (tertiary/aromatic N) is 2. The van der Waals surface area contributed by atoms with E-state index in [0.29, 0.717) is 19.2 Å². The Morgan fingerprint density at radius 1 is 1.28 bits per heavy atom. The van der Waals surface area contributed by atoms with Crippen molar-refractivity contribution in [3.63, 3.8) is 0 Å². The molecule has 1 aliphatic rings. The van der Waals surface area contributed by atoms with Gasteiger partial charge in [-0.2, -0.15) is 0 Å². The normalized spacial score (nSPS) is 16.1. The third kappa shape index (κ3) is 7.32. The van der Waals surface area contributed by atoms with Gasteiger partial charge in [-0.15, -0.1) is 0 Å². The number of hydrogen-bond acceptors (Lipinski definition) is 4. The molecule has 6 heteroatoms. The predicted molar refractivity (Wildman–Crippen MR) is 102 cm³/mol. The van der Waals surface area contributed by atoms with Crippen molar-refractivity contribution < 1.29 is 9.47 Å². The van der Waals surface area contributed by atoms with Crippen molar-refractivity contribution in [2.75, 3.05) is 46.0 Å². The SMILES string of the molecule is CCNC(=NCc1ccccc1OCCN1CCOCC1)NC(C)C. The molecule has 0 unspecified atom stereocenters. The van der Waals surface area contributed by atoms with E-state index in [1.807, 2.05) is 18.2 Å². The Bertz CT molecular complexity index is 528. The number of benzene rings is 1. The van der Waals surface area contributed by atoms with E-state index in [4.69, 9.17) is 9.47 Å². The molecule has 1 heterocycles. The maximum absolute atomic E-state index is 6.02. The van der Waals surface area contributed by atoms with Gasteiger partial charge in [-0.25, -0.2) is 4.99 Å². The van der Waals surface area contributed by atoms with Crippen molar-refractivity contribution in [3.05, 3.63) is 29.8 Å². The molecule has 140 valence electrons. The molecule has 0 spiro atoms. The summed E-state index contributed by atoms with van der Waals surface area (Å²) in [6, 6.07) is 8.48. The van der Waals surface area contributed by atoms with Crippen molar-refractivity contribution in [1.82, 2.24) is 15.5 Å². The van der Waals surface area contributed by atoms with Gasteiger partial charge in [-0.3, -0.25) is 4.90 Å². The average Bonchev–Trinajstić information content (AvgIpc) is 2.61. The highest BCUT2D eigenvalue weighted by Gasteiger charge is 2.10. The van der Waals surface area contributed by atoms with Gasteiger partial charge < -0.3 is 20.1 Å². The summed E-state index contributed by atoms with van der Waals surface area (Å²) in [6.07, 6.45) is 0. The summed E-state index contributed by atoms with van der Waals surface area (Å²) in [6.45, 7) is 13.0. The number of rotatable bonds is 8.